The lowest BCUT2D eigenvalue weighted by Gasteiger charge is -2.73. The SMILES string of the molecule is CCC(C)C(=O)O[C@@H]1OC[C@]23[C@@H](O)C[C@@H](OC(C)=O)[C@@]1(C)[C@@H]2C[C@@H](O)[C@]1(C)[C@H]3C(=O)[C@H](O)[C@@]2(C)[C@H](c3ccoc3)C[C@H]3O[C@@]321. The first-order valence-electron chi connectivity index (χ1n) is 15.9. The molecule has 6 aliphatic rings. The fourth-order valence-electron chi connectivity index (χ4n) is 11.2. The number of aliphatic hydroxyl groups is 3. The molecule has 4 saturated carbocycles. The monoisotopic (exact) mass is 616 g/mol. The molecule has 1 spiro atoms. The van der Waals surface area contributed by atoms with Crippen molar-refractivity contribution < 1.29 is 53.1 Å². The van der Waals surface area contributed by atoms with E-state index < -0.39 is 93.4 Å². The zero-order valence-electron chi connectivity index (χ0n) is 26.1. The lowest BCUT2D eigenvalue weighted by Crippen LogP contribution is -2.82. The van der Waals surface area contributed by atoms with E-state index in [-0.39, 0.29) is 31.5 Å². The first-order chi connectivity index (χ1) is 20.7. The van der Waals surface area contributed by atoms with E-state index in [1.165, 1.54) is 6.92 Å². The molecular weight excluding hydrogens is 572 g/mol. The zero-order valence-corrected chi connectivity index (χ0v) is 26.1. The number of Topliss-reactive ketones (excluding diaryl/α,β-unsaturated/α-hetero) is 1. The zero-order chi connectivity index (χ0) is 31.8. The molecule has 15 atom stereocenters. The van der Waals surface area contributed by atoms with Gasteiger partial charge < -0.3 is 38.7 Å². The van der Waals surface area contributed by atoms with E-state index in [1.807, 2.05) is 26.8 Å². The molecule has 2 bridgehead atoms. The first-order valence-corrected chi connectivity index (χ1v) is 15.9. The highest BCUT2D eigenvalue weighted by Gasteiger charge is 2.92. The number of hydrogen-bond donors (Lipinski definition) is 3. The number of aliphatic hydroxyl groups excluding tert-OH is 3. The average molecular weight is 617 g/mol. The highest BCUT2D eigenvalue weighted by molar-refractivity contribution is 5.91. The standard InChI is InChI=1S/C33H44O11/c1-7-15(2)27(39)43-28-29(4)19-11-20(35)31(6)25(32(19,14-41-28)21(36)12-22(29)42-16(3)34)24(37)26(38)30(5)18(17-8-9-40-13-17)10-23-33(30,31)44-23/h8-9,13,15,18-23,25-26,28,35-36,38H,7,10-12,14H2,1-6H3/t15?,18-,19-,20+,21-,22+,23+,25+,26-,28-,29+,30+,31+,32+,33-/m0/s1. The van der Waals surface area contributed by atoms with Crippen LogP contribution in [0.2, 0.25) is 0 Å². The summed E-state index contributed by atoms with van der Waals surface area (Å²) in [5, 5.41) is 36.5. The Morgan fingerprint density at radius 1 is 1.07 bits per heavy atom. The maximum absolute atomic E-state index is 14.8. The average Bonchev–Trinajstić information content (AvgIpc) is 3.33. The summed E-state index contributed by atoms with van der Waals surface area (Å²) in [6, 6.07) is 1.84. The summed E-state index contributed by atoms with van der Waals surface area (Å²) in [4.78, 5) is 40.2. The topological polar surface area (TPSA) is 165 Å². The van der Waals surface area contributed by atoms with Crippen LogP contribution in [0.4, 0.5) is 0 Å². The minimum atomic E-state index is -1.46. The fraction of sp³-hybridized carbons (Fsp3) is 0.788. The molecule has 0 radical (unpaired) electrons. The van der Waals surface area contributed by atoms with E-state index in [0.29, 0.717) is 12.8 Å². The molecule has 242 valence electrons. The predicted octanol–water partition coefficient (Wildman–Crippen LogP) is 2.49. The van der Waals surface area contributed by atoms with Crippen molar-refractivity contribution in [3.05, 3.63) is 24.2 Å². The fourth-order valence-corrected chi connectivity index (χ4v) is 11.2. The third-order valence-corrected chi connectivity index (χ3v) is 13.5. The van der Waals surface area contributed by atoms with Crippen LogP contribution in [-0.2, 0) is 33.3 Å². The number of carbonyl (C=O) groups excluding carboxylic acids is 3. The van der Waals surface area contributed by atoms with Gasteiger partial charge in [-0.25, -0.2) is 0 Å². The van der Waals surface area contributed by atoms with E-state index in [0.717, 1.165) is 5.56 Å². The van der Waals surface area contributed by atoms with Gasteiger partial charge >= 0.3 is 11.9 Å². The molecule has 7 rings (SSSR count). The second kappa shape index (κ2) is 9.37. The first kappa shape index (κ1) is 30.3. The van der Waals surface area contributed by atoms with E-state index >= 15 is 0 Å². The number of furan rings is 1. The molecule has 2 aliphatic heterocycles. The number of carbonyl (C=O) groups is 3. The van der Waals surface area contributed by atoms with Gasteiger partial charge in [0.15, 0.2) is 5.78 Å². The molecule has 1 unspecified atom stereocenters. The van der Waals surface area contributed by atoms with Crippen molar-refractivity contribution in [2.75, 3.05) is 6.61 Å². The van der Waals surface area contributed by atoms with Crippen LogP contribution < -0.4 is 0 Å². The molecular formula is C33H44O11. The van der Waals surface area contributed by atoms with Crippen molar-refractivity contribution in [2.24, 2.45) is 39.4 Å². The maximum atomic E-state index is 14.8. The second-order valence-electron chi connectivity index (χ2n) is 15.0. The van der Waals surface area contributed by atoms with Crippen molar-refractivity contribution >= 4 is 17.7 Å². The number of fused-ring (bicyclic) bond motifs is 1. The Kier molecular flexibility index (Phi) is 6.47. The minimum absolute atomic E-state index is 0.0223. The highest BCUT2D eigenvalue weighted by atomic mass is 16.7. The Hall–Kier alpha value is -2.31. The molecule has 3 heterocycles. The van der Waals surface area contributed by atoms with Crippen LogP contribution in [0.5, 0.6) is 0 Å². The molecule has 0 aromatic carbocycles. The number of epoxide rings is 1. The van der Waals surface area contributed by atoms with Gasteiger partial charge in [0, 0.05) is 41.4 Å². The van der Waals surface area contributed by atoms with Crippen LogP contribution in [0.25, 0.3) is 0 Å². The van der Waals surface area contributed by atoms with E-state index in [9.17, 15) is 29.7 Å². The van der Waals surface area contributed by atoms with Crippen molar-refractivity contribution in [3.63, 3.8) is 0 Å². The number of ether oxygens (including phenoxy) is 4. The van der Waals surface area contributed by atoms with Crippen LogP contribution in [0.1, 0.15) is 78.7 Å². The normalized spacial score (nSPS) is 52.6. The van der Waals surface area contributed by atoms with Crippen LogP contribution in [0, 0.1) is 39.4 Å². The molecule has 2 saturated heterocycles. The van der Waals surface area contributed by atoms with Gasteiger partial charge in [0.1, 0.15) is 17.8 Å². The number of hydrogen-bond acceptors (Lipinski definition) is 11. The summed E-state index contributed by atoms with van der Waals surface area (Å²) in [5.41, 5.74) is -4.95. The predicted molar refractivity (Wildman–Crippen MR) is 151 cm³/mol. The van der Waals surface area contributed by atoms with Crippen LogP contribution in [0.15, 0.2) is 23.0 Å². The Labute approximate surface area is 256 Å². The van der Waals surface area contributed by atoms with Gasteiger partial charge in [0.25, 0.3) is 0 Å². The number of rotatable bonds is 5. The summed E-state index contributed by atoms with van der Waals surface area (Å²) in [5.74, 6) is -3.89. The van der Waals surface area contributed by atoms with Gasteiger partial charge in [-0.3, -0.25) is 14.4 Å². The summed E-state index contributed by atoms with van der Waals surface area (Å²) in [6.07, 6.45) is -1.74. The number of esters is 2. The van der Waals surface area contributed by atoms with Crippen LogP contribution in [0.3, 0.4) is 0 Å². The smallest absolute Gasteiger partial charge is 0.310 e. The van der Waals surface area contributed by atoms with Crippen LogP contribution in [-0.4, -0.2) is 82.1 Å². The van der Waals surface area contributed by atoms with Gasteiger partial charge in [-0.15, -0.1) is 0 Å². The summed E-state index contributed by atoms with van der Waals surface area (Å²) in [7, 11) is 0. The third kappa shape index (κ3) is 3.23. The summed E-state index contributed by atoms with van der Waals surface area (Å²) >= 11 is 0. The van der Waals surface area contributed by atoms with Gasteiger partial charge in [-0.2, -0.15) is 0 Å². The lowest BCUT2D eigenvalue weighted by atomic mass is 9.33. The van der Waals surface area contributed by atoms with Gasteiger partial charge in [-0.05, 0) is 43.7 Å². The van der Waals surface area contributed by atoms with Crippen molar-refractivity contribution in [3.8, 4) is 0 Å². The van der Waals surface area contributed by atoms with Crippen LogP contribution >= 0.6 is 0 Å². The molecule has 1 aromatic heterocycles. The highest BCUT2D eigenvalue weighted by Crippen LogP contribution is 2.82. The summed E-state index contributed by atoms with van der Waals surface area (Å²) in [6.45, 7) is 10.3. The molecule has 0 amide bonds. The lowest BCUT2D eigenvalue weighted by molar-refractivity contribution is -0.374. The van der Waals surface area contributed by atoms with Gasteiger partial charge in [0.05, 0.1) is 48.8 Å². The Bertz CT molecular complexity index is 1380. The maximum Gasteiger partial charge on any atom is 0.310 e. The molecule has 11 nitrogen and oxygen atoms in total. The largest absolute Gasteiger partial charge is 0.472 e. The Morgan fingerprint density at radius 2 is 1.80 bits per heavy atom. The van der Waals surface area contributed by atoms with Gasteiger partial charge in [-0.1, -0.05) is 27.7 Å². The van der Waals surface area contributed by atoms with Crippen molar-refractivity contribution in [1.29, 1.82) is 0 Å². The Morgan fingerprint density at radius 3 is 2.43 bits per heavy atom. The molecule has 1 aromatic rings. The van der Waals surface area contributed by atoms with Crippen molar-refractivity contribution in [2.45, 2.75) is 116 Å². The van der Waals surface area contributed by atoms with Crippen molar-refractivity contribution in [1.82, 2.24) is 0 Å². The summed E-state index contributed by atoms with van der Waals surface area (Å²) < 4.78 is 30.0. The van der Waals surface area contributed by atoms with Gasteiger partial charge in [0.2, 0.25) is 6.29 Å². The van der Waals surface area contributed by atoms with E-state index in [1.54, 1.807) is 26.4 Å². The van der Waals surface area contributed by atoms with E-state index in [2.05, 4.69) is 0 Å². The minimum Gasteiger partial charge on any atom is -0.472 e. The number of ketones is 1. The van der Waals surface area contributed by atoms with E-state index in [4.69, 9.17) is 23.4 Å². The Balaban J connectivity index is 1.37. The molecule has 11 heteroatoms. The third-order valence-electron chi connectivity index (χ3n) is 13.5. The second-order valence-corrected chi connectivity index (χ2v) is 15.0. The quantitative estimate of drug-likeness (QED) is 0.329. The molecule has 3 N–H and O–H groups in total. The molecule has 6 fully saturated rings. The molecule has 44 heavy (non-hydrogen) atoms. The molecule has 4 aliphatic carbocycles.